The average molecular weight is 261 g/mol. The summed E-state index contributed by atoms with van der Waals surface area (Å²) in [6.07, 6.45) is 10.4. The Morgan fingerprint density at radius 3 is 2.68 bits per heavy atom. The zero-order valence-electron chi connectivity index (χ0n) is 10.5. The Bertz CT molecular complexity index is 520. The summed E-state index contributed by atoms with van der Waals surface area (Å²) in [6.45, 7) is 0.215. The Labute approximate surface area is 111 Å². The number of furan rings is 1. The Morgan fingerprint density at radius 2 is 2.16 bits per heavy atom. The Morgan fingerprint density at radius 1 is 1.47 bits per heavy atom. The Hall–Kier alpha value is -2.22. The van der Waals surface area contributed by atoms with Gasteiger partial charge in [-0.05, 0) is 12.8 Å². The molecule has 0 atom stereocenters. The van der Waals surface area contributed by atoms with Gasteiger partial charge < -0.3 is 14.4 Å². The Balaban J connectivity index is 2.18. The summed E-state index contributed by atoms with van der Waals surface area (Å²) in [5.74, 6) is 1.05. The first kappa shape index (κ1) is 13.2. The van der Waals surface area contributed by atoms with Crippen LogP contribution < -0.4 is 0 Å². The fourth-order valence-electron chi connectivity index (χ4n) is 2.38. The number of aromatic carboxylic acids is 1. The monoisotopic (exact) mass is 261 g/mol. The standard InChI is InChI=1S/C14H15NO4/c1-2-7-15(11-5-3-4-6-11)13(16)12-8-10(9-19-12)14(17)18/h1,8-9,11H,3-7H2,(H,17,18). The van der Waals surface area contributed by atoms with Crippen molar-refractivity contribution in [2.75, 3.05) is 6.54 Å². The lowest BCUT2D eigenvalue weighted by Gasteiger charge is -2.25. The number of nitrogens with zero attached hydrogens (tertiary/aromatic N) is 1. The molecular weight excluding hydrogens is 246 g/mol. The maximum atomic E-state index is 12.3. The van der Waals surface area contributed by atoms with Crippen LogP contribution in [0.4, 0.5) is 0 Å². The summed E-state index contributed by atoms with van der Waals surface area (Å²) in [7, 11) is 0. The first-order chi connectivity index (χ1) is 9.13. The van der Waals surface area contributed by atoms with Gasteiger partial charge in [0.15, 0.2) is 5.76 Å². The molecule has 0 bridgehead atoms. The number of terminal acetylenes is 1. The molecule has 5 nitrogen and oxygen atoms in total. The van der Waals surface area contributed by atoms with Crippen LogP contribution in [0.3, 0.4) is 0 Å². The van der Waals surface area contributed by atoms with E-state index < -0.39 is 5.97 Å². The lowest BCUT2D eigenvalue weighted by Crippen LogP contribution is -2.38. The van der Waals surface area contributed by atoms with Crippen molar-refractivity contribution in [3.63, 3.8) is 0 Å². The second-order valence-corrected chi connectivity index (χ2v) is 4.58. The van der Waals surface area contributed by atoms with Gasteiger partial charge in [-0.15, -0.1) is 6.42 Å². The van der Waals surface area contributed by atoms with Crippen LogP contribution in [0.2, 0.25) is 0 Å². The lowest BCUT2D eigenvalue weighted by molar-refractivity contribution is 0.0674. The van der Waals surface area contributed by atoms with E-state index >= 15 is 0 Å². The minimum Gasteiger partial charge on any atom is -0.478 e. The second-order valence-electron chi connectivity index (χ2n) is 4.58. The zero-order valence-corrected chi connectivity index (χ0v) is 10.5. The summed E-state index contributed by atoms with van der Waals surface area (Å²) in [5, 5.41) is 8.82. The van der Waals surface area contributed by atoms with Crippen molar-refractivity contribution >= 4 is 11.9 Å². The van der Waals surface area contributed by atoms with Gasteiger partial charge in [0.1, 0.15) is 6.26 Å². The predicted molar refractivity (Wildman–Crippen MR) is 67.8 cm³/mol. The maximum Gasteiger partial charge on any atom is 0.338 e. The van der Waals surface area contributed by atoms with E-state index in [0.717, 1.165) is 31.9 Å². The van der Waals surface area contributed by atoms with Crippen molar-refractivity contribution in [3.8, 4) is 12.3 Å². The van der Waals surface area contributed by atoms with Gasteiger partial charge >= 0.3 is 5.97 Å². The molecule has 1 heterocycles. The molecule has 1 aromatic rings. The number of carboxylic acid groups (broad SMARTS) is 1. The summed E-state index contributed by atoms with van der Waals surface area (Å²) in [6, 6.07) is 1.37. The number of carboxylic acids is 1. The average Bonchev–Trinajstić information content (AvgIpc) is 3.05. The minimum absolute atomic E-state index is 0.0274. The summed E-state index contributed by atoms with van der Waals surface area (Å²) < 4.78 is 5.03. The molecule has 0 aromatic carbocycles. The fourth-order valence-corrected chi connectivity index (χ4v) is 2.38. The molecule has 1 aromatic heterocycles. The van der Waals surface area contributed by atoms with E-state index in [9.17, 15) is 9.59 Å². The van der Waals surface area contributed by atoms with Crippen molar-refractivity contribution in [1.82, 2.24) is 4.90 Å². The van der Waals surface area contributed by atoms with Gasteiger partial charge in [0.05, 0.1) is 12.1 Å². The van der Waals surface area contributed by atoms with E-state index in [1.54, 1.807) is 4.90 Å². The van der Waals surface area contributed by atoms with Crippen LogP contribution >= 0.6 is 0 Å². The number of rotatable bonds is 4. The zero-order chi connectivity index (χ0) is 13.8. The van der Waals surface area contributed by atoms with E-state index in [-0.39, 0.29) is 29.8 Å². The number of carbonyl (C=O) groups is 2. The van der Waals surface area contributed by atoms with Crippen LogP contribution in [-0.2, 0) is 0 Å². The maximum absolute atomic E-state index is 12.3. The largest absolute Gasteiger partial charge is 0.478 e. The summed E-state index contributed by atoms with van der Waals surface area (Å²) in [5.41, 5.74) is -0.0320. The van der Waals surface area contributed by atoms with Crippen molar-refractivity contribution in [2.45, 2.75) is 31.7 Å². The van der Waals surface area contributed by atoms with Gasteiger partial charge in [0.25, 0.3) is 5.91 Å². The number of carbonyl (C=O) groups excluding carboxylic acids is 1. The molecular formula is C14H15NO4. The van der Waals surface area contributed by atoms with E-state index in [4.69, 9.17) is 15.9 Å². The molecule has 0 radical (unpaired) electrons. The van der Waals surface area contributed by atoms with E-state index in [1.807, 2.05) is 0 Å². The molecule has 1 saturated carbocycles. The highest BCUT2D eigenvalue weighted by atomic mass is 16.4. The smallest absolute Gasteiger partial charge is 0.338 e. The van der Waals surface area contributed by atoms with Gasteiger partial charge in [-0.2, -0.15) is 0 Å². The molecule has 1 amide bonds. The minimum atomic E-state index is -1.12. The fraction of sp³-hybridized carbons (Fsp3) is 0.429. The van der Waals surface area contributed by atoms with Crippen LogP contribution in [0.25, 0.3) is 0 Å². The van der Waals surface area contributed by atoms with Crippen LogP contribution in [0.15, 0.2) is 16.7 Å². The third kappa shape index (κ3) is 2.79. The predicted octanol–water partition coefficient (Wildman–Crippen LogP) is 2.00. The molecule has 100 valence electrons. The van der Waals surface area contributed by atoms with Crippen molar-refractivity contribution in [3.05, 3.63) is 23.7 Å². The quantitative estimate of drug-likeness (QED) is 0.841. The molecule has 0 unspecified atom stereocenters. The number of hydrogen-bond donors (Lipinski definition) is 1. The molecule has 0 spiro atoms. The van der Waals surface area contributed by atoms with E-state index in [2.05, 4.69) is 5.92 Å². The highest BCUT2D eigenvalue weighted by Crippen LogP contribution is 2.25. The lowest BCUT2D eigenvalue weighted by atomic mass is 10.2. The van der Waals surface area contributed by atoms with Gasteiger partial charge in [-0.25, -0.2) is 4.79 Å². The molecule has 1 aliphatic rings. The normalized spacial score (nSPS) is 15.1. The van der Waals surface area contributed by atoms with Crippen LogP contribution in [0.1, 0.15) is 46.6 Å². The van der Waals surface area contributed by atoms with E-state index in [0.29, 0.717) is 0 Å². The second kappa shape index (κ2) is 5.61. The summed E-state index contributed by atoms with van der Waals surface area (Å²) in [4.78, 5) is 24.7. The Kier molecular flexibility index (Phi) is 3.91. The third-order valence-electron chi connectivity index (χ3n) is 3.35. The first-order valence-electron chi connectivity index (χ1n) is 6.19. The molecule has 1 aliphatic carbocycles. The number of amides is 1. The molecule has 0 aliphatic heterocycles. The first-order valence-corrected chi connectivity index (χ1v) is 6.19. The van der Waals surface area contributed by atoms with E-state index in [1.165, 1.54) is 6.07 Å². The number of hydrogen-bond acceptors (Lipinski definition) is 3. The molecule has 5 heteroatoms. The van der Waals surface area contributed by atoms with Gasteiger partial charge in [0, 0.05) is 12.1 Å². The van der Waals surface area contributed by atoms with Crippen LogP contribution in [0, 0.1) is 12.3 Å². The molecule has 19 heavy (non-hydrogen) atoms. The third-order valence-corrected chi connectivity index (χ3v) is 3.35. The molecule has 1 N–H and O–H groups in total. The van der Waals surface area contributed by atoms with Crippen molar-refractivity contribution < 1.29 is 19.1 Å². The highest BCUT2D eigenvalue weighted by Gasteiger charge is 2.28. The molecule has 0 saturated heterocycles. The molecule has 1 fully saturated rings. The van der Waals surface area contributed by atoms with Gasteiger partial charge in [-0.3, -0.25) is 4.79 Å². The highest BCUT2D eigenvalue weighted by molar-refractivity contribution is 5.95. The van der Waals surface area contributed by atoms with Crippen LogP contribution in [0.5, 0.6) is 0 Å². The van der Waals surface area contributed by atoms with Gasteiger partial charge in [0.2, 0.25) is 0 Å². The summed E-state index contributed by atoms with van der Waals surface area (Å²) >= 11 is 0. The molecule has 2 rings (SSSR count). The topological polar surface area (TPSA) is 70.8 Å². The van der Waals surface area contributed by atoms with Crippen molar-refractivity contribution in [2.24, 2.45) is 0 Å². The van der Waals surface area contributed by atoms with Crippen molar-refractivity contribution in [1.29, 1.82) is 0 Å². The van der Waals surface area contributed by atoms with Gasteiger partial charge in [-0.1, -0.05) is 18.8 Å². The van der Waals surface area contributed by atoms with Crippen LogP contribution in [-0.4, -0.2) is 34.5 Å². The SMILES string of the molecule is C#CCN(C(=O)c1cc(C(=O)O)co1)C1CCCC1.